The number of unbranched alkanes of at least 4 members (excludes halogenated alkanes) is 2. The Morgan fingerprint density at radius 1 is 1.56 bits per heavy atom. The van der Waals surface area contributed by atoms with Crippen LogP contribution in [0.2, 0.25) is 0 Å². The zero-order chi connectivity index (χ0) is 7.11. The molecule has 2 heteroatoms. The summed E-state index contributed by atoms with van der Waals surface area (Å²) in [5.41, 5.74) is 0. The molecule has 0 atom stereocenters. The normalized spacial score (nSPS) is 10.1. The number of nitrogens with zero attached hydrogens (tertiary/aromatic N) is 1. The summed E-state index contributed by atoms with van der Waals surface area (Å²) in [5.74, 6) is 0. The number of hydrogen-bond acceptors (Lipinski definition) is 2. The van der Waals surface area contributed by atoms with Crippen molar-refractivity contribution in [3.8, 4) is 0 Å². The predicted octanol–water partition coefficient (Wildman–Crippen LogP) is 1.66. The average molecular weight is 129 g/mol. The minimum atomic E-state index is 0.758. The van der Waals surface area contributed by atoms with Crippen LogP contribution in [0.25, 0.3) is 0 Å². The van der Waals surface area contributed by atoms with Gasteiger partial charge in [0.15, 0.2) is 0 Å². The molecule has 0 saturated carbocycles. The summed E-state index contributed by atoms with van der Waals surface area (Å²) in [6, 6.07) is 0. The molecule has 0 aromatic heterocycles. The van der Waals surface area contributed by atoms with E-state index in [0.717, 1.165) is 25.8 Å². The Morgan fingerprint density at radius 3 is 2.67 bits per heavy atom. The first kappa shape index (κ1) is 8.66. The number of allylic oxidation sites excluding steroid dienone is 1. The zero-order valence-corrected chi connectivity index (χ0v) is 6.01. The van der Waals surface area contributed by atoms with Crippen molar-refractivity contribution in [1.82, 2.24) is 5.06 Å². The first-order valence-electron chi connectivity index (χ1n) is 3.28. The summed E-state index contributed by atoms with van der Waals surface area (Å²) in [7, 11) is 1.66. The molecule has 0 heterocycles. The van der Waals surface area contributed by atoms with Gasteiger partial charge in [-0.05, 0) is 19.3 Å². The summed E-state index contributed by atoms with van der Waals surface area (Å²) in [6.07, 6.45) is 5.11. The Labute approximate surface area is 56.7 Å². The molecule has 54 valence electrons. The van der Waals surface area contributed by atoms with Crippen molar-refractivity contribution in [2.24, 2.45) is 0 Å². The van der Waals surface area contributed by atoms with E-state index in [2.05, 4.69) is 6.58 Å². The number of rotatable bonds is 5. The van der Waals surface area contributed by atoms with Crippen molar-refractivity contribution in [2.45, 2.75) is 19.3 Å². The lowest BCUT2D eigenvalue weighted by Gasteiger charge is -2.05. The average Bonchev–Trinajstić information content (AvgIpc) is 1.80. The molecule has 0 aliphatic heterocycles. The monoisotopic (exact) mass is 129 g/mol. The Kier molecular flexibility index (Phi) is 5.57. The summed E-state index contributed by atoms with van der Waals surface area (Å²) in [6.45, 7) is 4.36. The van der Waals surface area contributed by atoms with Crippen LogP contribution in [0.15, 0.2) is 12.7 Å². The molecule has 0 aromatic rings. The summed E-state index contributed by atoms with van der Waals surface area (Å²) < 4.78 is 0. The van der Waals surface area contributed by atoms with E-state index in [1.807, 2.05) is 6.08 Å². The third-order valence-electron chi connectivity index (χ3n) is 1.14. The van der Waals surface area contributed by atoms with Crippen LogP contribution in [0, 0.1) is 0 Å². The molecule has 0 amide bonds. The predicted molar refractivity (Wildman–Crippen MR) is 38.5 cm³/mol. The minimum Gasteiger partial charge on any atom is -0.314 e. The van der Waals surface area contributed by atoms with E-state index >= 15 is 0 Å². The van der Waals surface area contributed by atoms with Crippen LogP contribution < -0.4 is 0 Å². The highest BCUT2D eigenvalue weighted by atomic mass is 16.5. The lowest BCUT2D eigenvalue weighted by atomic mass is 10.2. The van der Waals surface area contributed by atoms with Crippen LogP contribution in [0.3, 0.4) is 0 Å². The molecule has 0 aromatic carbocycles. The van der Waals surface area contributed by atoms with E-state index in [0.29, 0.717) is 0 Å². The highest BCUT2D eigenvalue weighted by Gasteiger charge is 1.88. The molecule has 0 aliphatic rings. The molecule has 0 rings (SSSR count). The van der Waals surface area contributed by atoms with Crippen molar-refractivity contribution < 1.29 is 5.21 Å². The fraction of sp³-hybridized carbons (Fsp3) is 0.714. The lowest BCUT2D eigenvalue weighted by molar-refractivity contribution is -0.0654. The van der Waals surface area contributed by atoms with Crippen LogP contribution in [-0.2, 0) is 0 Å². The molecular weight excluding hydrogens is 114 g/mol. The Bertz CT molecular complexity index is 71.3. The molecule has 0 unspecified atom stereocenters. The highest BCUT2D eigenvalue weighted by molar-refractivity contribution is 4.65. The van der Waals surface area contributed by atoms with Crippen molar-refractivity contribution >= 4 is 0 Å². The quantitative estimate of drug-likeness (QED) is 0.346. The molecule has 1 N–H and O–H groups in total. The third kappa shape index (κ3) is 7.66. The second kappa shape index (κ2) is 5.79. The third-order valence-corrected chi connectivity index (χ3v) is 1.14. The van der Waals surface area contributed by atoms with Gasteiger partial charge in [-0.25, -0.2) is 0 Å². The van der Waals surface area contributed by atoms with Gasteiger partial charge in [-0.15, -0.1) is 6.58 Å². The molecule has 0 saturated heterocycles. The van der Waals surface area contributed by atoms with Crippen molar-refractivity contribution in [3.05, 3.63) is 12.7 Å². The molecule has 2 nitrogen and oxygen atoms in total. The topological polar surface area (TPSA) is 23.5 Å². The van der Waals surface area contributed by atoms with Crippen molar-refractivity contribution in [1.29, 1.82) is 0 Å². The van der Waals surface area contributed by atoms with Gasteiger partial charge in [0.1, 0.15) is 0 Å². The Hall–Kier alpha value is -0.340. The van der Waals surface area contributed by atoms with Gasteiger partial charge in [0.25, 0.3) is 0 Å². The molecule has 0 spiro atoms. The van der Waals surface area contributed by atoms with Gasteiger partial charge in [-0.2, -0.15) is 5.06 Å². The van der Waals surface area contributed by atoms with Gasteiger partial charge in [0.05, 0.1) is 0 Å². The van der Waals surface area contributed by atoms with E-state index in [1.165, 1.54) is 5.06 Å². The Balaban J connectivity index is 2.82. The van der Waals surface area contributed by atoms with E-state index < -0.39 is 0 Å². The van der Waals surface area contributed by atoms with Gasteiger partial charge < -0.3 is 5.21 Å². The van der Waals surface area contributed by atoms with E-state index in [4.69, 9.17) is 5.21 Å². The fourth-order valence-corrected chi connectivity index (χ4v) is 0.629. The van der Waals surface area contributed by atoms with Crippen LogP contribution in [-0.4, -0.2) is 23.9 Å². The van der Waals surface area contributed by atoms with Crippen LogP contribution >= 0.6 is 0 Å². The summed E-state index contributed by atoms with van der Waals surface area (Å²) >= 11 is 0. The van der Waals surface area contributed by atoms with Gasteiger partial charge in [0.2, 0.25) is 0 Å². The van der Waals surface area contributed by atoms with Crippen LogP contribution in [0.1, 0.15) is 19.3 Å². The number of hydrogen-bond donors (Lipinski definition) is 1. The smallest absolute Gasteiger partial charge is 0.0235 e. The summed E-state index contributed by atoms with van der Waals surface area (Å²) in [5, 5.41) is 9.87. The van der Waals surface area contributed by atoms with Crippen molar-refractivity contribution in [2.75, 3.05) is 13.6 Å². The molecule has 0 aliphatic carbocycles. The highest BCUT2D eigenvalue weighted by Crippen LogP contribution is 1.95. The SMILES string of the molecule is C=CCCCCN(C)O. The van der Waals surface area contributed by atoms with Crippen LogP contribution in [0.5, 0.6) is 0 Å². The fourth-order valence-electron chi connectivity index (χ4n) is 0.629. The van der Waals surface area contributed by atoms with E-state index in [-0.39, 0.29) is 0 Å². The zero-order valence-electron chi connectivity index (χ0n) is 6.01. The standard InChI is InChI=1S/C7H15NO/c1-3-4-5-6-7-8(2)9/h3,9H,1,4-7H2,2H3. The van der Waals surface area contributed by atoms with E-state index in [1.54, 1.807) is 7.05 Å². The maximum atomic E-state index is 8.66. The molecule has 9 heavy (non-hydrogen) atoms. The molecule has 0 fully saturated rings. The lowest BCUT2D eigenvalue weighted by Crippen LogP contribution is -2.13. The largest absolute Gasteiger partial charge is 0.314 e. The molecular formula is C7H15NO. The summed E-state index contributed by atoms with van der Waals surface area (Å²) in [4.78, 5) is 0. The second-order valence-corrected chi connectivity index (χ2v) is 2.17. The second-order valence-electron chi connectivity index (χ2n) is 2.17. The first-order chi connectivity index (χ1) is 4.27. The Morgan fingerprint density at radius 2 is 2.22 bits per heavy atom. The van der Waals surface area contributed by atoms with Crippen molar-refractivity contribution in [3.63, 3.8) is 0 Å². The minimum absolute atomic E-state index is 0.758. The van der Waals surface area contributed by atoms with Gasteiger partial charge >= 0.3 is 0 Å². The van der Waals surface area contributed by atoms with Gasteiger partial charge in [0, 0.05) is 13.6 Å². The molecule has 0 bridgehead atoms. The maximum absolute atomic E-state index is 8.66. The first-order valence-corrected chi connectivity index (χ1v) is 3.28. The maximum Gasteiger partial charge on any atom is 0.0235 e. The van der Waals surface area contributed by atoms with Crippen LogP contribution in [0.4, 0.5) is 0 Å². The van der Waals surface area contributed by atoms with Gasteiger partial charge in [-0.3, -0.25) is 0 Å². The van der Waals surface area contributed by atoms with E-state index in [9.17, 15) is 0 Å². The van der Waals surface area contributed by atoms with Gasteiger partial charge in [-0.1, -0.05) is 6.08 Å². The number of hydroxylamine groups is 2. The molecule has 0 radical (unpaired) electrons.